The maximum Gasteiger partial charge on any atom is 0.241 e. The molecular formula is C17H23N3O. The van der Waals surface area contributed by atoms with Crippen LogP contribution in [-0.2, 0) is 4.79 Å². The third kappa shape index (κ3) is 4.57. The van der Waals surface area contributed by atoms with Crippen LogP contribution in [0.5, 0.6) is 0 Å². The van der Waals surface area contributed by atoms with Crippen molar-refractivity contribution < 1.29 is 4.79 Å². The molecule has 1 aromatic rings. The molecule has 112 valence electrons. The van der Waals surface area contributed by atoms with Gasteiger partial charge in [0.25, 0.3) is 0 Å². The van der Waals surface area contributed by atoms with E-state index in [1.54, 1.807) is 4.90 Å². The molecule has 1 aliphatic rings. The largest absolute Gasteiger partial charge is 0.310 e. The minimum absolute atomic E-state index is 0.0889. The molecule has 4 nitrogen and oxygen atoms in total. The Bertz CT molecular complexity index is 487. The van der Waals surface area contributed by atoms with Gasteiger partial charge in [0, 0.05) is 12.2 Å². The van der Waals surface area contributed by atoms with Crippen LogP contribution in [-0.4, -0.2) is 37.0 Å². The van der Waals surface area contributed by atoms with Crippen molar-refractivity contribution in [3.05, 3.63) is 30.3 Å². The topological polar surface area (TPSA) is 47.3 Å². The predicted octanol–water partition coefficient (Wildman–Crippen LogP) is 2.67. The zero-order valence-corrected chi connectivity index (χ0v) is 12.7. The summed E-state index contributed by atoms with van der Waals surface area (Å²) in [5, 5.41) is 8.80. The predicted molar refractivity (Wildman–Crippen MR) is 83.9 cm³/mol. The number of likely N-dealkylation sites (tertiary alicyclic amines) is 1. The van der Waals surface area contributed by atoms with Gasteiger partial charge in [-0.2, -0.15) is 5.26 Å². The highest BCUT2D eigenvalue weighted by molar-refractivity contribution is 5.94. The maximum absolute atomic E-state index is 12.6. The highest BCUT2D eigenvalue weighted by Gasteiger charge is 2.21. The Morgan fingerprint density at radius 3 is 2.62 bits per heavy atom. The van der Waals surface area contributed by atoms with E-state index in [-0.39, 0.29) is 5.91 Å². The number of hydrogen-bond acceptors (Lipinski definition) is 3. The lowest BCUT2D eigenvalue weighted by molar-refractivity contribution is -0.120. The minimum atomic E-state index is 0.0889. The number of carbonyl (C=O) groups is 1. The molecule has 0 atom stereocenters. The molecule has 1 saturated heterocycles. The van der Waals surface area contributed by atoms with E-state index in [9.17, 15) is 4.79 Å². The molecule has 2 rings (SSSR count). The summed E-state index contributed by atoms with van der Waals surface area (Å²) < 4.78 is 0. The SMILES string of the molecule is CC1CCN(CC(=O)N(CCC#N)c2ccccc2)CC1. The van der Waals surface area contributed by atoms with Crippen LogP contribution < -0.4 is 4.90 Å². The van der Waals surface area contributed by atoms with Crippen molar-refractivity contribution in [1.29, 1.82) is 5.26 Å². The Morgan fingerprint density at radius 2 is 2.00 bits per heavy atom. The fraction of sp³-hybridized carbons (Fsp3) is 0.529. The van der Waals surface area contributed by atoms with E-state index in [1.165, 1.54) is 0 Å². The van der Waals surface area contributed by atoms with Crippen molar-refractivity contribution in [2.45, 2.75) is 26.2 Å². The minimum Gasteiger partial charge on any atom is -0.310 e. The second kappa shape index (κ2) is 7.80. The van der Waals surface area contributed by atoms with Crippen molar-refractivity contribution in [3.63, 3.8) is 0 Å². The molecule has 1 fully saturated rings. The van der Waals surface area contributed by atoms with Gasteiger partial charge in [0.2, 0.25) is 5.91 Å². The lowest BCUT2D eigenvalue weighted by atomic mass is 9.99. The van der Waals surface area contributed by atoms with Gasteiger partial charge < -0.3 is 4.90 Å². The number of carbonyl (C=O) groups excluding carboxylic acids is 1. The van der Waals surface area contributed by atoms with E-state index in [4.69, 9.17) is 5.26 Å². The van der Waals surface area contributed by atoms with E-state index < -0.39 is 0 Å². The number of para-hydroxylation sites is 1. The highest BCUT2D eigenvalue weighted by atomic mass is 16.2. The van der Waals surface area contributed by atoms with Crippen LogP contribution in [0.3, 0.4) is 0 Å². The highest BCUT2D eigenvalue weighted by Crippen LogP contribution is 2.18. The van der Waals surface area contributed by atoms with E-state index in [0.717, 1.165) is 37.5 Å². The molecule has 0 aliphatic carbocycles. The number of nitrogens with zero attached hydrogens (tertiary/aromatic N) is 3. The second-order valence-corrected chi connectivity index (χ2v) is 5.75. The Morgan fingerprint density at radius 1 is 1.33 bits per heavy atom. The van der Waals surface area contributed by atoms with E-state index >= 15 is 0 Å². The summed E-state index contributed by atoms with van der Waals surface area (Å²) in [5.41, 5.74) is 0.878. The van der Waals surface area contributed by atoms with E-state index in [1.807, 2.05) is 30.3 Å². The number of rotatable bonds is 5. The Hall–Kier alpha value is -1.86. The van der Waals surface area contributed by atoms with Crippen LogP contribution in [0, 0.1) is 17.2 Å². The third-order valence-electron chi connectivity index (χ3n) is 4.05. The van der Waals surface area contributed by atoms with Gasteiger partial charge in [-0.05, 0) is 44.0 Å². The van der Waals surface area contributed by atoms with Gasteiger partial charge >= 0.3 is 0 Å². The van der Waals surface area contributed by atoms with Crippen LogP contribution >= 0.6 is 0 Å². The van der Waals surface area contributed by atoms with Crippen LogP contribution in [0.2, 0.25) is 0 Å². The standard InChI is InChI=1S/C17H23N3O/c1-15-8-12-19(13-9-15)14-17(21)20(11-5-10-18)16-6-3-2-4-7-16/h2-4,6-7,15H,5,8-9,11-14H2,1H3. The fourth-order valence-electron chi connectivity index (χ4n) is 2.66. The molecule has 1 aliphatic heterocycles. The zero-order chi connectivity index (χ0) is 15.1. The Labute approximate surface area is 127 Å². The first-order valence-corrected chi connectivity index (χ1v) is 7.65. The quantitative estimate of drug-likeness (QED) is 0.835. The number of anilines is 1. The van der Waals surface area contributed by atoms with Crippen molar-refractivity contribution in [2.75, 3.05) is 31.1 Å². The van der Waals surface area contributed by atoms with Crippen LogP contribution in [0.15, 0.2) is 30.3 Å². The first-order valence-electron chi connectivity index (χ1n) is 7.65. The lowest BCUT2D eigenvalue weighted by Crippen LogP contribution is -2.43. The fourth-order valence-corrected chi connectivity index (χ4v) is 2.66. The average molecular weight is 285 g/mol. The Balaban J connectivity index is 1.99. The summed E-state index contributed by atoms with van der Waals surface area (Å²) >= 11 is 0. The molecule has 1 amide bonds. The summed E-state index contributed by atoms with van der Waals surface area (Å²) in [4.78, 5) is 16.5. The Kier molecular flexibility index (Phi) is 5.77. The van der Waals surface area contributed by atoms with Crippen LogP contribution in [0.4, 0.5) is 5.69 Å². The molecule has 1 heterocycles. The van der Waals surface area contributed by atoms with Crippen molar-refractivity contribution in [2.24, 2.45) is 5.92 Å². The summed E-state index contributed by atoms with van der Waals surface area (Å²) in [7, 11) is 0. The molecule has 0 bridgehead atoms. The van der Waals surface area contributed by atoms with Gasteiger partial charge in [0.1, 0.15) is 0 Å². The number of nitriles is 1. The number of piperidine rings is 1. The van der Waals surface area contributed by atoms with Crippen molar-refractivity contribution in [1.82, 2.24) is 4.90 Å². The second-order valence-electron chi connectivity index (χ2n) is 5.75. The zero-order valence-electron chi connectivity index (χ0n) is 12.7. The van der Waals surface area contributed by atoms with E-state index in [2.05, 4.69) is 17.9 Å². The van der Waals surface area contributed by atoms with Gasteiger partial charge in [-0.1, -0.05) is 25.1 Å². The summed E-state index contributed by atoms with van der Waals surface area (Å²) in [6.07, 6.45) is 2.69. The van der Waals surface area contributed by atoms with Gasteiger partial charge in [0.15, 0.2) is 0 Å². The number of amides is 1. The molecule has 1 aromatic carbocycles. The van der Waals surface area contributed by atoms with Crippen LogP contribution in [0.25, 0.3) is 0 Å². The molecule has 0 unspecified atom stereocenters. The monoisotopic (exact) mass is 285 g/mol. The molecule has 0 saturated carbocycles. The number of benzene rings is 1. The maximum atomic E-state index is 12.6. The molecular weight excluding hydrogens is 262 g/mol. The molecule has 4 heteroatoms. The van der Waals surface area contributed by atoms with Crippen LogP contribution in [0.1, 0.15) is 26.2 Å². The van der Waals surface area contributed by atoms with Gasteiger partial charge in [-0.3, -0.25) is 9.69 Å². The van der Waals surface area contributed by atoms with Crippen molar-refractivity contribution in [3.8, 4) is 6.07 Å². The molecule has 0 radical (unpaired) electrons. The third-order valence-corrected chi connectivity index (χ3v) is 4.05. The summed E-state index contributed by atoms with van der Waals surface area (Å²) in [5.74, 6) is 0.853. The molecule has 21 heavy (non-hydrogen) atoms. The average Bonchev–Trinajstić information content (AvgIpc) is 2.51. The van der Waals surface area contributed by atoms with Crippen molar-refractivity contribution >= 4 is 11.6 Å². The smallest absolute Gasteiger partial charge is 0.241 e. The normalized spacial score (nSPS) is 16.4. The van der Waals surface area contributed by atoms with E-state index in [0.29, 0.717) is 19.5 Å². The first kappa shape index (κ1) is 15.5. The summed E-state index contributed by atoms with van der Waals surface area (Å²) in [6.45, 7) is 5.17. The molecule has 0 N–H and O–H groups in total. The first-order chi connectivity index (χ1) is 10.2. The van der Waals surface area contributed by atoms with Gasteiger partial charge in [-0.15, -0.1) is 0 Å². The van der Waals surface area contributed by atoms with Gasteiger partial charge in [0.05, 0.1) is 19.0 Å². The lowest BCUT2D eigenvalue weighted by Gasteiger charge is -2.31. The summed E-state index contributed by atoms with van der Waals surface area (Å²) in [6, 6.07) is 11.7. The van der Waals surface area contributed by atoms with Gasteiger partial charge in [-0.25, -0.2) is 0 Å². The molecule has 0 spiro atoms. The molecule has 0 aromatic heterocycles. The number of hydrogen-bond donors (Lipinski definition) is 0.